The van der Waals surface area contributed by atoms with Crippen LogP contribution in [-0.2, 0) is 71.7 Å². The van der Waals surface area contributed by atoms with Crippen LogP contribution in [0.1, 0.15) is 194 Å². The van der Waals surface area contributed by atoms with Gasteiger partial charge >= 0.3 is 23.9 Å². The smallest absolute Gasteiger partial charge is 0.326 e. The first-order valence-corrected chi connectivity index (χ1v) is 28.2. The number of amides is 4. The van der Waals surface area contributed by atoms with Crippen LogP contribution in [0.4, 0.5) is 0 Å². The zero-order chi connectivity index (χ0) is 58.2. The summed E-state index contributed by atoms with van der Waals surface area (Å²) in [5.41, 5.74) is 0. The maximum absolute atomic E-state index is 12.6. The van der Waals surface area contributed by atoms with Gasteiger partial charge in [-0.2, -0.15) is 0 Å². The molecule has 448 valence electrons. The number of carbonyl (C=O) groups is 11. The largest absolute Gasteiger partial charge is 0.481 e. The van der Waals surface area contributed by atoms with E-state index in [1.54, 1.807) is 0 Å². The summed E-state index contributed by atoms with van der Waals surface area (Å²) in [5, 5.41) is 47.5. The molecule has 8 N–H and O–H groups in total. The monoisotopic (exact) mass is 1110 g/mol. The molecule has 78 heavy (non-hydrogen) atoms. The molecule has 0 aliphatic heterocycles. The molecule has 0 aromatic heterocycles. The van der Waals surface area contributed by atoms with Crippen molar-refractivity contribution in [1.29, 1.82) is 0 Å². The van der Waals surface area contributed by atoms with Crippen LogP contribution in [0.15, 0.2) is 0 Å². The van der Waals surface area contributed by atoms with E-state index in [0.29, 0.717) is 32.2 Å². The summed E-state index contributed by atoms with van der Waals surface area (Å²) in [5.74, 6) is -8.21. The van der Waals surface area contributed by atoms with Gasteiger partial charge in [0.05, 0.1) is 39.0 Å². The van der Waals surface area contributed by atoms with Gasteiger partial charge in [-0.1, -0.05) is 90.4 Å². The third-order valence-corrected chi connectivity index (χ3v) is 12.9. The minimum absolute atomic E-state index is 0.00251. The molecule has 0 fully saturated rings. The lowest BCUT2D eigenvalue weighted by Gasteiger charge is -2.15. The molecule has 0 aliphatic carbocycles. The summed E-state index contributed by atoms with van der Waals surface area (Å²) in [6, 6.07) is -2.60. The second kappa shape index (κ2) is 48.7. The Morgan fingerprint density at radius 3 is 1.40 bits per heavy atom. The molecule has 0 rings (SSSR count). The van der Waals surface area contributed by atoms with Gasteiger partial charge in [0.25, 0.3) is 0 Å². The molecule has 0 radical (unpaired) electrons. The Balaban J connectivity index is 3.95. The van der Waals surface area contributed by atoms with Crippen molar-refractivity contribution in [3.05, 3.63) is 0 Å². The fourth-order valence-corrected chi connectivity index (χ4v) is 7.96. The molecule has 0 saturated carbocycles. The highest BCUT2D eigenvalue weighted by Gasteiger charge is 2.26. The van der Waals surface area contributed by atoms with Crippen LogP contribution < -0.4 is 21.3 Å². The number of hydrogen-bond acceptors (Lipinski definition) is 15. The van der Waals surface area contributed by atoms with Gasteiger partial charge in [0.2, 0.25) is 23.6 Å². The minimum atomic E-state index is -1.42. The SMILES string of the molecule is CC(=O)[C@@H](C)CCCCNC(=O)CC[C@H](CC(=O)CC[C@H](NC(=O)COCCOCCCC(=O)COCCOCCNC(=O)CC[C@H](NC(=O)CCCCCCCCCCCCCCCCC(=O)O)C(=O)O)C(=O)O)C(=O)O. The van der Waals surface area contributed by atoms with E-state index in [1.165, 1.54) is 39.0 Å². The number of carboxylic acids is 4. The normalized spacial score (nSPS) is 12.6. The first-order chi connectivity index (χ1) is 37.3. The number of aliphatic carboxylic acids is 4. The Labute approximate surface area is 460 Å². The molecule has 4 amide bonds. The Hall–Kier alpha value is -5.39. The predicted octanol–water partition coefficient (Wildman–Crippen LogP) is 5.50. The fourth-order valence-electron chi connectivity index (χ4n) is 7.96. The quantitative estimate of drug-likeness (QED) is 0.0349. The number of carboxylic acid groups (broad SMARTS) is 4. The number of hydrogen-bond donors (Lipinski definition) is 8. The zero-order valence-corrected chi connectivity index (χ0v) is 46.6. The third kappa shape index (κ3) is 45.6. The van der Waals surface area contributed by atoms with Crippen LogP contribution in [0, 0.1) is 11.8 Å². The van der Waals surface area contributed by atoms with Crippen molar-refractivity contribution in [2.24, 2.45) is 11.8 Å². The zero-order valence-electron chi connectivity index (χ0n) is 46.6. The van der Waals surface area contributed by atoms with Crippen molar-refractivity contribution in [2.45, 2.75) is 206 Å². The van der Waals surface area contributed by atoms with Gasteiger partial charge in [-0.3, -0.25) is 43.2 Å². The van der Waals surface area contributed by atoms with Gasteiger partial charge in [-0.15, -0.1) is 0 Å². The summed E-state index contributed by atoms with van der Waals surface area (Å²) in [6.07, 6.45) is 16.7. The summed E-state index contributed by atoms with van der Waals surface area (Å²) in [4.78, 5) is 131. The lowest BCUT2D eigenvalue weighted by molar-refractivity contribution is -0.145. The van der Waals surface area contributed by atoms with E-state index in [-0.39, 0.29) is 146 Å². The number of rotatable bonds is 56. The van der Waals surface area contributed by atoms with Gasteiger partial charge in [0.15, 0.2) is 5.78 Å². The van der Waals surface area contributed by atoms with Gasteiger partial charge in [0, 0.05) is 70.6 Å². The highest BCUT2D eigenvalue weighted by molar-refractivity contribution is 5.87. The Morgan fingerprint density at radius 1 is 0.385 bits per heavy atom. The number of nitrogens with one attached hydrogen (secondary N) is 4. The number of Topliss-reactive ketones (excluding diaryl/α,β-unsaturated/α-hetero) is 3. The van der Waals surface area contributed by atoms with Crippen LogP contribution in [0.3, 0.4) is 0 Å². The fraction of sp³-hybridized carbons (Fsp3) is 0.800. The summed E-state index contributed by atoms with van der Waals surface area (Å²) >= 11 is 0. The Kier molecular flexibility index (Phi) is 45.3. The molecular weight excluding hydrogens is 1020 g/mol. The molecule has 4 atom stereocenters. The summed E-state index contributed by atoms with van der Waals surface area (Å²) in [6.45, 7) is 4.08. The summed E-state index contributed by atoms with van der Waals surface area (Å²) < 4.78 is 21.4. The topological polar surface area (TPSA) is 354 Å². The van der Waals surface area contributed by atoms with E-state index < -0.39 is 66.6 Å². The molecule has 0 aliphatic rings. The number of unbranched alkanes of at least 4 members (excludes halogenated alkanes) is 14. The van der Waals surface area contributed by atoms with E-state index in [2.05, 4.69) is 21.3 Å². The van der Waals surface area contributed by atoms with Crippen LogP contribution in [0.25, 0.3) is 0 Å². The number of carbonyl (C=O) groups excluding carboxylic acids is 7. The molecule has 23 nitrogen and oxygen atoms in total. The highest BCUT2D eigenvalue weighted by Crippen LogP contribution is 2.17. The molecule has 0 bridgehead atoms. The van der Waals surface area contributed by atoms with E-state index in [4.69, 9.17) is 24.1 Å². The molecule has 0 aromatic carbocycles. The maximum atomic E-state index is 12.6. The van der Waals surface area contributed by atoms with E-state index in [9.17, 15) is 68.1 Å². The number of ether oxygens (including phenoxy) is 4. The predicted molar refractivity (Wildman–Crippen MR) is 286 cm³/mol. The lowest BCUT2D eigenvalue weighted by Crippen LogP contribution is -2.42. The van der Waals surface area contributed by atoms with Gasteiger partial charge in [0.1, 0.15) is 36.9 Å². The molecule has 23 heteroatoms. The van der Waals surface area contributed by atoms with E-state index in [1.807, 2.05) is 6.92 Å². The minimum Gasteiger partial charge on any atom is -0.481 e. The second-order valence-electron chi connectivity index (χ2n) is 19.8. The first-order valence-electron chi connectivity index (χ1n) is 28.2. The van der Waals surface area contributed by atoms with E-state index in [0.717, 1.165) is 57.8 Å². The van der Waals surface area contributed by atoms with Crippen LogP contribution in [0.2, 0.25) is 0 Å². The average Bonchev–Trinajstić information content (AvgIpc) is 3.38. The Morgan fingerprint density at radius 2 is 0.859 bits per heavy atom. The van der Waals surface area contributed by atoms with Crippen molar-refractivity contribution in [1.82, 2.24) is 21.3 Å². The number of ketones is 3. The average molecular weight is 1120 g/mol. The molecule has 0 spiro atoms. The first kappa shape index (κ1) is 72.6. The van der Waals surface area contributed by atoms with Crippen LogP contribution >= 0.6 is 0 Å². The van der Waals surface area contributed by atoms with Crippen molar-refractivity contribution < 1.29 is 92.1 Å². The van der Waals surface area contributed by atoms with Crippen molar-refractivity contribution in [2.75, 3.05) is 65.9 Å². The second-order valence-corrected chi connectivity index (χ2v) is 19.8. The third-order valence-electron chi connectivity index (χ3n) is 12.9. The van der Waals surface area contributed by atoms with E-state index >= 15 is 0 Å². The molecule has 0 unspecified atom stereocenters. The molecule has 0 heterocycles. The lowest BCUT2D eigenvalue weighted by atomic mass is 9.94. The van der Waals surface area contributed by atoms with Crippen molar-refractivity contribution in [3.63, 3.8) is 0 Å². The van der Waals surface area contributed by atoms with Crippen LogP contribution in [-0.4, -0.2) is 163 Å². The Bertz CT molecular complexity index is 1760. The maximum Gasteiger partial charge on any atom is 0.326 e. The standard InChI is InChI=1S/C55H94N4O19/c1-41(42(2)60)20-17-18-30-56-48(63)28-24-43(53(69)70)38-44(61)25-26-46(54(71)72)59-51(66)40-78-37-34-75-32-19-21-45(62)39-77-36-35-76-33-31-57-49(64)29-27-47(55(73)74)58-50(65)22-15-13-11-9-7-5-3-4-6-8-10-12-14-16-23-52(67)68/h41,43,46-47H,3-40H2,1-2H3,(H,56,63)(H,57,64)(H,58,65)(H,59,66)(H,67,68)(H,69,70)(H,71,72)(H,73,74)/t41-,43+,46-,47-/m0/s1. The van der Waals surface area contributed by atoms with Gasteiger partial charge in [-0.05, 0) is 58.3 Å². The van der Waals surface area contributed by atoms with Crippen molar-refractivity contribution >= 4 is 64.9 Å². The summed E-state index contributed by atoms with van der Waals surface area (Å²) in [7, 11) is 0. The highest BCUT2D eigenvalue weighted by atomic mass is 16.5. The van der Waals surface area contributed by atoms with Gasteiger partial charge in [-0.25, -0.2) is 9.59 Å². The van der Waals surface area contributed by atoms with Gasteiger partial charge < -0.3 is 60.6 Å². The van der Waals surface area contributed by atoms with Crippen molar-refractivity contribution in [3.8, 4) is 0 Å². The molecular formula is C55H94N4O19. The molecule has 0 aromatic rings. The molecule has 0 saturated heterocycles. The van der Waals surface area contributed by atoms with Crippen LogP contribution in [0.5, 0.6) is 0 Å².